The fourth-order valence-corrected chi connectivity index (χ4v) is 2.59. The van der Waals surface area contributed by atoms with Gasteiger partial charge in [-0.05, 0) is 26.0 Å². The average molecular weight is 295 g/mol. The van der Waals surface area contributed by atoms with Crippen LogP contribution in [0.25, 0.3) is 0 Å². The minimum absolute atomic E-state index is 0.227. The molecule has 2 N–H and O–H groups in total. The molecule has 0 radical (unpaired) electrons. The first-order valence-electron chi connectivity index (χ1n) is 6.62. The summed E-state index contributed by atoms with van der Waals surface area (Å²) >= 11 is 1.62. The van der Waals surface area contributed by atoms with Gasteiger partial charge in [0.1, 0.15) is 0 Å². The Morgan fingerprint density at radius 3 is 2.30 bits per heavy atom. The van der Waals surface area contributed by atoms with E-state index in [1.54, 1.807) is 31.7 Å². The van der Waals surface area contributed by atoms with Gasteiger partial charge in [0.15, 0.2) is 0 Å². The van der Waals surface area contributed by atoms with Crippen molar-refractivity contribution in [3.63, 3.8) is 0 Å². The number of carbonyl (C=O) groups is 2. The van der Waals surface area contributed by atoms with Gasteiger partial charge < -0.3 is 10.4 Å². The molecule has 1 amide bonds. The van der Waals surface area contributed by atoms with Crippen molar-refractivity contribution < 1.29 is 14.7 Å². The second-order valence-corrected chi connectivity index (χ2v) is 6.67. The molecule has 2 atom stereocenters. The second-order valence-electron chi connectivity index (χ2n) is 5.05. The van der Waals surface area contributed by atoms with Crippen LogP contribution >= 0.6 is 11.8 Å². The summed E-state index contributed by atoms with van der Waals surface area (Å²) in [6, 6.07) is 6.95. The van der Waals surface area contributed by atoms with Gasteiger partial charge in [-0.15, -0.1) is 11.8 Å². The SMILES string of the molecule is CC(C)Sc1ccccc1C(=O)NC(C)C(C)C(=O)O. The van der Waals surface area contributed by atoms with Gasteiger partial charge in [0.2, 0.25) is 0 Å². The van der Waals surface area contributed by atoms with Gasteiger partial charge in [-0.3, -0.25) is 9.59 Å². The fraction of sp³-hybridized carbons (Fsp3) is 0.467. The molecular formula is C15H21NO3S. The van der Waals surface area contributed by atoms with E-state index >= 15 is 0 Å². The molecule has 1 aromatic carbocycles. The lowest BCUT2D eigenvalue weighted by atomic mass is 10.0. The third kappa shape index (κ3) is 4.56. The zero-order valence-corrected chi connectivity index (χ0v) is 13.0. The van der Waals surface area contributed by atoms with E-state index < -0.39 is 17.9 Å². The Bertz CT molecular complexity index is 488. The molecule has 0 aliphatic rings. The summed E-state index contributed by atoms with van der Waals surface area (Å²) in [5, 5.41) is 12.1. The van der Waals surface area contributed by atoms with Crippen LogP contribution < -0.4 is 5.32 Å². The molecule has 0 bridgehead atoms. The zero-order chi connectivity index (χ0) is 15.3. The molecule has 1 aromatic rings. The number of carbonyl (C=O) groups excluding carboxylic acids is 1. The first-order valence-corrected chi connectivity index (χ1v) is 7.50. The number of hydrogen-bond acceptors (Lipinski definition) is 3. The topological polar surface area (TPSA) is 66.4 Å². The number of carboxylic acid groups (broad SMARTS) is 1. The maximum absolute atomic E-state index is 12.3. The summed E-state index contributed by atoms with van der Waals surface area (Å²) in [5.74, 6) is -1.76. The molecule has 0 heterocycles. The normalized spacial score (nSPS) is 13.8. The number of thioether (sulfide) groups is 1. The number of benzene rings is 1. The molecule has 0 saturated carbocycles. The molecule has 0 aliphatic heterocycles. The van der Waals surface area contributed by atoms with Gasteiger partial charge in [0.05, 0.1) is 11.5 Å². The van der Waals surface area contributed by atoms with E-state index in [2.05, 4.69) is 19.2 Å². The molecule has 110 valence electrons. The molecular weight excluding hydrogens is 274 g/mol. The van der Waals surface area contributed by atoms with Crippen LogP contribution in [0.15, 0.2) is 29.2 Å². The van der Waals surface area contributed by atoms with Crippen molar-refractivity contribution >= 4 is 23.6 Å². The van der Waals surface area contributed by atoms with E-state index in [-0.39, 0.29) is 5.91 Å². The summed E-state index contributed by atoms with van der Waals surface area (Å²) < 4.78 is 0. The predicted octanol–water partition coefficient (Wildman–Crippen LogP) is 3.03. The summed E-state index contributed by atoms with van der Waals surface area (Å²) in [5.41, 5.74) is 0.593. The van der Waals surface area contributed by atoms with E-state index in [1.807, 2.05) is 18.2 Å². The van der Waals surface area contributed by atoms with Crippen LogP contribution in [0.4, 0.5) is 0 Å². The van der Waals surface area contributed by atoms with E-state index in [4.69, 9.17) is 5.11 Å². The Kier molecular flexibility index (Phi) is 6.07. The molecule has 0 fully saturated rings. The number of hydrogen-bond donors (Lipinski definition) is 2. The largest absolute Gasteiger partial charge is 0.481 e. The molecule has 5 heteroatoms. The predicted molar refractivity (Wildman–Crippen MR) is 81.2 cm³/mol. The maximum atomic E-state index is 12.3. The average Bonchev–Trinajstić information content (AvgIpc) is 2.37. The van der Waals surface area contributed by atoms with Crippen LogP contribution in [-0.2, 0) is 4.79 Å². The molecule has 0 spiro atoms. The van der Waals surface area contributed by atoms with Crippen LogP contribution in [-0.4, -0.2) is 28.3 Å². The quantitative estimate of drug-likeness (QED) is 0.792. The Balaban J connectivity index is 2.85. The zero-order valence-electron chi connectivity index (χ0n) is 12.2. The molecule has 1 rings (SSSR count). The highest BCUT2D eigenvalue weighted by molar-refractivity contribution is 8.00. The number of nitrogens with one attached hydrogen (secondary N) is 1. The molecule has 0 saturated heterocycles. The smallest absolute Gasteiger partial charge is 0.308 e. The summed E-state index contributed by atoms with van der Waals surface area (Å²) in [6.45, 7) is 7.42. The van der Waals surface area contributed by atoms with Gasteiger partial charge in [-0.1, -0.05) is 26.0 Å². The Labute approximate surface area is 124 Å². The van der Waals surface area contributed by atoms with Crippen molar-refractivity contribution in [3.05, 3.63) is 29.8 Å². The van der Waals surface area contributed by atoms with Gasteiger partial charge in [-0.2, -0.15) is 0 Å². The minimum Gasteiger partial charge on any atom is -0.481 e. The Morgan fingerprint density at radius 1 is 1.15 bits per heavy atom. The highest BCUT2D eigenvalue weighted by Gasteiger charge is 2.22. The van der Waals surface area contributed by atoms with Crippen molar-refractivity contribution in [2.75, 3.05) is 0 Å². The van der Waals surface area contributed by atoms with Crippen LogP contribution in [0.5, 0.6) is 0 Å². The first kappa shape index (κ1) is 16.6. The summed E-state index contributed by atoms with van der Waals surface area (Å²) in [7, 11) is 0. The van der Waals surface area contributed by atoms with Crippen LogP contribution in [0, 0.1) is 5.92 Å². The molecule has 2 unspecified atom stereocenters. The molecule has 0 aliphatic carbocycles. The van der Waals surface area contributed by atoms with Gasteiger partial charge in [0.25, 0.3) is 5.91 Å². The van der Waals surface area contributed by atoms with E-state index in [0.29, 0.717) is 10.8 Å². The Hall–Kier alpha value is -1.49. The second kappa shape index (κ2) is 7.33. The van der Waals surface area contributed by atoms with Crippen LogP contribution in [0.3, 0.4) is 0 Å². The third-order valence-corrected chi connectivity index (χ3v) is 4.07. The lowest BCUT2D eigenvalue weighted by Crippen LogP contribution is -2.40. The Morgan fingerprint density at radius 2 is 1.75 bits per heavy atom. The van der Waals surface area contributed by atoms with Crippen molar-refractivity contribution in [2.24, 2.45) is 5.92 Å². The van der Waals surface area contributed by atoms with Crippen molar-refractivity contribution in [2.45, 2.75) is 43.9 Å². The van der Waals surface area contributed by atoms with E-state index in [0.717, 1.165) is 4.90 Å². The minimum atomic E-state index is -0.914. The van der Waals surface area contributed by atoms with Crippen molar-refractivity contribution in [1.29, 1.82) is 0 Å². The summed E-state index contributed by atoms with van der Waals surface area (Å²) in [6.07, 6.45) is 0. The third-order valence-electron chi connectivity index (χ3n) is 2.99. The number of amides is 1. The highest BCUT2D eigenvalue weighted by Crippen LogP contribution is 2.26. The van der Waals surface area contributed by atoms with E-state index in [1.165, 1.54) is 0 Å². The number of aliphatic carboxylic acids is 1. The van der Waals surface area contributed by atoms with E-state index in [9.17, 15) is 9.59 Å². The maximum Gasteiger partial charge on any atom is 0.308 e. The summed E-state index contributed by atoms with van der Waals surface area (Å²) in [4.78, 5) is 24.1. The van der Waals surface area contributed by atoms with Crippen molar-refractivity contribution in [3.8, 4) is 0 Å². The fourth-order valence-electron chi connectivity index (χ4n) is 1.63. The first-order chi connectivity index (χ1) is 9.32. The standard InChI is InChI=1S/C15H21NO3S/c1-9(2)20-13-8-6-5-7-12(13)14(17)16-11(4)10(3)15(18)19/h5-11H,1-4H3,(H,16,17)(H,18,19). The molecule has 4 nitrogen and oxygen atoms in total. The van der Waals surface area contributed by atoms with Crippen molar-refractivity contribution in [1.82, 2.24) is 5.32 Å². The highest BCUT2D eigenvalue weighted by atomic mass is 32.2. The molecule has 20 heavy (non-hydrogen) atoms. The van der Waals surface area contributed by atoms with Crippen LogP contribution in [0.2, 0.25) is 0 Å². The lowest BCUT2D eigenvalue weighted by Gasteiger charge is -2.19. The number of rotatable bonds is 6. The van der Waals surface area contributed by atoms with Crippen LogP contribution in [0.1, 0.15) is 38.1 Å². The lowest BCUT2D eigenvalue weighted by molar-refractivity contribution is -0.141. The van der Waals surface area contributed by atoms with Gasteiger partial charge >= 0.3 is 5.97 Å². The van der Waals surface area contributed by atoms with Gasteiger partial charge in [0, 0.05) is 16.2 Å². The monoisotopic (exact) mass is 295 g/mol. The molecule has 0 aromatic heterocycles. The van der Waals surface area contributed by atoms with Gasteiger partial charge in [-0.25, -0.2) is 0 Å². The number of carboxylic acids is 1.